The number of carbonyl (C=O) groups is 1. The van der Waals surface area contributed by atoms with Crippen molar-refractivity contribution in [1.82, 2.24) is 10.2 Å². The van der Waals surface area contributed by atoms with Crippen molar-refractivity contribution < 1.29 is 4.79 Å². The van der Waals surface area contributed by atoms with Gasteiger partial charge in [0.25, 0.3) is 0 Å². The van der Waals surface area contributed by atoms with Crippen LogP contribution in [-0.4, -0.2) is 36.6 Å². The van der Waals surface area contributed by atoms with Crippen molar-refractivity contribution in [2.24, 2.45) is 0 Å². The zero-order valence-electron chi connectivity index (χ0n) is 11.1. The lowest BCUT2D eigenvalue weighted by Crippen LogP contribution is -2.46. The van der Waals surface area contributed by atoms with Crippen molar-refractivity contribution in [1.29, 1.82) is 5.26 Å². The third-order valence-electron chi connectivity index (χ3n) is 3.30. The van der Waals surface area contributed by atoms with Gasteiger partial charge in [-0.3, -0.25) is 4.90 Å². The number of amides is 2. The summed E-state index contributed by atoms with van der Waals surface area (Å²) in [6.45, 7) is 2.15. The third-order valence-corrected chi connectivity index (χ3v) is 3.53. The predicted molar refractivity (Wildman–Crippen MR) is 78.7 cm³/mol. The molecule has 0 unspecified atom stereocenters. The van der Waals surface area contributed by atoms with Gasteiger partial charge < -0.3 is 10.6 Å². The Labute approximate surface area is 123 Å². The molecule has 0 spiro atoms. The Balaban J connectivity index is 1.77. The second-order valence-electron chi connectivity index (χ2n) is 4.82. The van der Waals surface area contributed by atoms with Crippen LogP contribution in [0.2, 0.25) is 5.02 Å². The van der Waals surface area contributed by atoms with Gasteiger partial charge in [-0.15, -0.1) is 0 Å². The van der Waals surface area contributed by atoms with Crippen molar-refractivity contribution in [2.75, 3.05) is 25.0 Å². The van der Waals surface area contributed by atoms with Gasteiger partial charge in [0.05, 0.1) is 12.6 Å². The number of likely N-dealkylation sites (tertiary alicyclic amines) is 1. The summed E-state index contributed by atoms with van der Waals surface area (Å²) in [6, 6.07) is 9.13. The molecule has 1 saturated heterocycles. The van der Waals surface area contributed by atoms with E-state index in [0.29, 0.717) is 17.3 Å². The Kier molecular flexibility index (Phi) is 5.22. The molecule has 0 saturated carbocycles. The number of rotatable bonds is 3. The maximum absolute atomic E-state index is 11.9. The highest BCUT2D eigenvalue weighted by atomic mass is 35.5. The third kappa shape index (κ3) is 4.41. The van der Waals surface area contributed by atoms with E-state index in [4.69, 9.17) is 16.9 Å². The number of hydrogen-bond acceptors (Lipinski definition) is 3. The summed E-state index contributed by atoms with van der Waals surface area (Å²) < 4.78 is 0. The minimum Gasteiger partial charge on any atom is -0.335 e. The van der Waals surface area contributed by atoms with Crippen LogP contribution in [0.3, 0.4) is 0 Å². The van der Waals surface area contributed by atoms with Crippen molar-refractivity contribution in [3.05, 3.63) is 29.3 Å². The van der Waals surface area contributed by atoms with E-state index in [-0.39, 0.29) is 12.1 Å². The fraction of sp³-hybridized carbons (Fsp3) is 0.429. The maximum Gasteiger partial charge on any atom is 0.319 e. The molecule has 1 aromatic rings. The maximum atomic E-state index is 11.9. The number of halogens is 1. The average molecular weight is 293 g/mol. The quantitative estimate of drug-likeness (QED) is 0.841. The molecule has 0 aliphatic carbocycles. The molecule has 5 nitrogen and oxygen atoms in total. The molecule has 0 aromatic heterocycles. The Morgan fingerprint density at radius 1 is 1.45 bits per heavy atom. The van der Waals surface area contributed by atoms with Crippen LogP contribution in [0.1, 0.15) is 12.8 Å². The predicted octanol–water partition coefficient (Wildman–Crippen LogP) is 2.45. The summed E-state index contributed by atoms with van der Waals surface area (Å²) in [4.78, 5) is 14.0. The van der Waals surface area contributed by atoms with Crippen LogP contribution >= 0.6 is 11.6 Å². The zero-order valence-corrected chi connectivity index (χ0v) is 11.9. The van der Waals surface area contributed by atoms with Crippen LogP contribution in [0, 0.1) is 11.3 Å². The largest absolute Gasteiger partial charge is 0.335 e. The van der Waals surface area contributed by atoms with E-state index in [1.54, 1.807) is 24.3 Å². The van der Waals surface area contributed by atoms with E-state index < -0.39 is 0 Å². The second kappa shape index (κ2) is 7.13. The van der Waals surface area contributed by atoms with E-state index >= 15 is 0 Å². The number of nitrogens with zero attached hydrogens (tertiary/aromatic N) is 2. The fourth-order valence-electron chi connectivity index (χ4n) is 2.25. The SMILES string of the molecule is N#CCN1CCC(NC(=O)Nc2cccc(Cl)c2)CC1. The van der Waals surface area contributed by atoms with Gasteiger partial charge >= 0.3 is 6.03 Å². The first-order chi connectivity index (χ1) is 9.67. The van der Waals surface area contributed by atoms with Crippen LogP contribution in [0.4, 0.5) is 10.5 Å². The summed E-state index contributed by atoms with van der Waals surface area (Å²) in [5.41, 5.74) is 0.678. The van der Waals surface area contributed by atoms with Gasteiger partial charge in [-0.05, 0) is 31.0 Å². The lowest BCUT2D eigenvalue weighted by molar-refractivity contribution is 0.211. The van der Waals surface area contributed by atoms with Crippen molar-refractivity contribution in [3.63, 3.8) is 0 Å². The smallest absolute Gasteiger partial charge is 0.319 e. The Morgan fingerprint density at radius 3 is 2.85 bits per heavy atom. The Hall–Kier alpha value is -1.77. The molecule has 6 heteroatoms. The first-order valence-corrected chi connectivity index (χ1v) is 6.97. The van der Waals surface area contributed by atoms with E-state index in [1.807, 2.05) is 0 Å². The summed E-state index contributed by atoms with van der Waals surface area (Å²) in [7, 11) is 0. The van der Waals surface area contributed by atoms with Crippen LogP contribution < -0.4 is 10.6 Å². The Bertz CT molecular complexity index is 506. The van der Waals surface area contributed by atoms with E-state index in [0.717, 1.165) is 25.9 Å². The number of benzene rings is 1. The zero-order chi connectivity index (χ0) is 14.4. The molecule has 2 amide bonds. The summed E-state index contributed by atoms with van der Waals surface area (Å²) >= 11 is 5.86. The number of nitrogens with one attached hydrogen (secondary N) is 2. The first-order valence-electron chi connectivity index (χ1n) is 6.60. The highest BCUT2D eigenvalue weighted by molar-refractivity contribution is 6.30. The lowest BCUT2D eigenvalue weighted by Gasteiger charge is -2.30. The molecule has 2 rings (SSSR count). The fourth-order valence-corrected chi connectivity index (χ4v) is 2.44. The van der Waals surface area contributed by atoms with E-state index in [2.05, 4.69) is 21.6 Å². The van der Waals surface area contributed by atoms with Gasteiger partial charge in [0.1, 0.15) is 0 Å². The average Bonchev–Trinajstić information content (AvgIpc) is 2.41. The molecule has 1 aliphatic rings. The molecule has 1 heterocycles. The molecule has 1 aromatic carbocycles. The van der Waals surface area contributed by atoms with Gasteiger partial charge in [-0.25, -0.2) is 4.79 Å². The van der Waals surface area contributed by atoms with Gasteiger partial charge in [-0.2, -0.15) is 5.26 Å². The lowest BCUT2D eigenvalue weighted by atomic mass is 10.1. The van der Waals surface area contributed by atoms with Crippen molar-refractivity contribution in [2.45, 2.75) is 18.9 Å². The minimum absolute atomic E-state index is 0.157. The van der Waals surface area contributed by atoms with E-state index in [1.165, 1.54) is 0 Å². The number of piperidine rings is 1. The molecular formula is C14H17ClN4O. The topological polar surface area (TPSA) is 68.2 Å². The van der Waals surface area contributed by atoms with Crippen LogP contribution in [-0.2, 0) is 0 Å². The summed E-state index contributed by atoms with van der Waals surface area (Å²) in [5, 5.41) is 14.9. The standard InChI is InChI=1S/C14H17ClN4O/c15-11-2-1-3-13(10-11)18-14(20)17-12-4-7-19(8-5-12)9-6-16/h1-3,10,12H,4-5,7-9H2,(H2,17,18,20). The van der Waals surface area contributed by atoms with Crippen LogP contribution in [0.25, 0.3) is 0 Å². The number of urea groups is 1. The monoisotopic (exact) mass is 292 g/mol. The molecule has 0 radical (unpaired) electrons. The molecule has 1 aliphatic heterocycles. The number of carbonyl (C=O) groups excluding carboxylic acids is 1. The second-order valence-corrected chi connectivity index (χ2v) is 5.25. The van der Waals surface area contributed by atoms with Gasteiger partial charge in [0.2, 0.25) is 0 Å². The number of nitriles is 1. The number of hydrogen-bond donors (Lipinski definition) is 2. The minimum atomic E-state index is -0.217. The highest BCUT2D eigenvalue weighted by Crippen LogP contribution is 2.15. The van der Waals surface area contributed by atoms with Gasteiger partial charge in [0.15, 0.2) is 0 Å². The van der Waals surface area contributed by atoms with E-state index in [9.17, 15) is 4.79 Å². The van der Waals surface area contributed by atoms with Gasteiger partial charge in [0, 0.05) is 29.8 Å². The molecule has 20 heavy (non-hydrogen) atoms. The molecule has 0 atom stereocenters. The molecule has 106 valence electrons. The van der Waals surface area contributed by atoms with Crippen LogP contribution in [0.5, 0.6) is 0 Å². The molecule has 1 fully saturated rings. The van der Waals surface area contributed by atoms with Crippen LogP contribution in [0.15, 0.2) is 24.3 Å². The molecule has 0 bridgehead atoms. The Morgan fingerprint density at radius 2 is 2.20 bits per heavy atom. The highest BCUT2D eigenvalue weighted by Gasteiger charge is 2.20. The molecule has 2 N–H and O–H groups in total. The normalized spacial score (nSPS) is 16.4. The first kappa shape index (κ1) is 14.6. The number of anilines is 1. The molecular weight excluding hydrogens is 276 g/mol. The van der Waals surface area contributed by atoms with Crippen molar-refractivity contribution >= 4 is 23.3 Å². The van der Waals surface area contributed by atoms with Crippen molar-refractivity contribution in [3.8, 4) is 6.07 Å². The summed E-state index contributed by atoms with van der Waals surface area (Å²) in [6.07, 6.45) is 1.73. The summed E-state index contributed by atoms with van der Waals surface area (Å²) in [5.74, 6) is 0. The van der Waals surface area contributed by atoms with Gasteiger partial charge in [-0.1, -0.05) is 17.7 Å².